The third-order valence-electron chi connectivity index (χ3n) is 4.27. The zero-order valence-corrected chi connectivity index (χ0v) is 14.3. The van der Waals surface area contributed by atoms with Crippen LogP contribution in [0.3, 0.4) is 0 Å². The van der Waals surface area contributed by atoms with Crippen molar-refractivity contribution in [3.05, 3.63) is 12.3 Å². The van der Waals surface area contributed by atoms with E-state index in [1.165, 1.54) is 75.9 Å². The predicted octanol–water partition coefficient (Wildman–Crippen LogP) is 6.73. The molecule has 0 radical (unpaired) electrons. The minimum absolute atomic E-state index is 1.12. The second-order valence-electron chi connectivity index (χ2n) is 5.94. The lowest BCUT2D eigenvalue weighted by Crippen LogP contribution is -2.31. The molecule has 0 aliphatic heterocycles. The van der Waals surface area contributed by atoms with E-state index < -0.39 is 8.07 Å². The van der Waals surface area contributed by atoms with E-state index in [1.54, 1.807) is 0 Å². The van der Waals surface area contributed by atoms with Gasteiger partial charge in [0.25, 0.3) is 0 Å². The highest BCUT2D eigenvalue weighted by atomic mass is 28.3. The van der Waals surface area contributed by atoms with E-state index in [9.17, 15) is 0 Å². The molecular weight excluding hydrogens is 232 g/mol. The molecule has 0 unspecified atom stereocenters. The zero-order chi connectivity index (χ0) is 13.7. The fraction of sp³-hybridized carbons (Fsp3) is 0.882. The summed E-state index contributed by atoms with van der Waals surface area (Å²) in [6.07, 6.45) is 12.7. The van der Waals surface area contributed by atoms with Gasteiger partial charge in [-0.15, -0.1) is 12.3 Å². The quantitative estimate of drug-likeness (QED) is 0.256. The molecule has 0 bridgehead atoms. The summed E-state index contributed by atoms with van der Waals surface area (Å²) in [4.78, 5) is 0. The summed E-state index contributed by atoms with van der Waals surface area (Å²) in [6.45, 7) is 11.2. The minimum Gasteiger partial charge on any atom is -0.107 e. The van der Waals surface area contributed by atoms with Crippen LogP contribution in [0.15, 0.2) is 12.3 Å². The van der Waals surface area contributed by atoms with Crippen LogP contribution in [0, 0.1) is 0 Å². The zero-order valence-electron chi connectivity index (χ0n) is 13.3. The molecule has 0 rings (SSSR count). The molecule has 0 aromatic carbocycles. The third kappa shape index (κ3) is 8.13. The number of hydrogen-bond acceptors (Lipinski definition) is 0. The van der Waals surface area contributed by atoms with Crippen LogP contribution in [-0.4, -0.2) is 8.07 Å². The van der Waals surface area contributed by atoms with Crippen LogP contribution in [-0.2, 0) is 0 Å². The number of unbranched alkanes of at least 4 members (excludes halogenated alkanes) is 6. The van der Waals surface area contributed by atoms with E-state index in [1.807, 2.05) is 0 Å². The fourth-order valence-corrected chi connectivity index (χ4v) is 7.09. The molecule has 18 heavy (non-hydrogen) atoms. The van der Waals surface area contributed by atoms with E-state index in [4.69, 9.17) is 0 Å². The fourth-order valence-electron chi connectivity index (χ4n) is 2.86. The summed E-state index contributed by atoms with van der Waals surface area (Å²) in [5.74, 6) is 0. The van der Waals surface area contributed by atoms with Gasteiger partial charge in [-0.1, -0.05) is 96.7 Å². The highest BCUT2D eigenvalue weighted by Gasteiger charge is 2.27. The normalized spacial score (nSPS) is 11.7. The third-order valence-corrected chi connectivity index (χ3v) is 9.18. The monoisotopic (exact) mass is 268 g/mol. The van der Waals surface area contributed by atoms with Gasteiger partial charge in [0.15, 0.2) is 0 Å². The van der Waals surface area contributed by atoms with Gasteiger partial charge in [0, 0.05) is 0 Å². The Morgan fingerprint density at radius 1 is 0.667 bits per heavy atom. The van der Waals surface area contributed by atoms with Crippen molar-refractivity contribution in [1.82, 2.24) is 0 Å². The van der Waals surface area contributed by atoms with Gasteiger partial charge in [0.2, 0.25) is 0 Å². The van der Waals surface area contributed by atoms with Crippen molar-refractivity contribution in [1.29, 1.82) is 0 Å². The Hall–Kier alpha value is -0.0431. The first-order chi connectivity index (χ1) is 8.74. The minimum atomic E-state index is -1.12. The summed E-state index contributed by atoms with van der Waals surface area (Å²) >= 11 is 0. The summed E-state index contributed by atoms with van der Waals surface area (Å²) in [5.41, 5.74) is 2.44. The Morgan fingerprint density at radius 3 is 1.22 bits per heavy atom. The van der Waals surface area contributed by atoms with Crippen LogP contribution in [0.5, 0.6) is 0 Å². The highest BCUT2D eigenvalue weighted by Crippen LogP contribution is 2.30. The molecule has 0 atom stereocenters. The van der Waals surface area contributed by atoms with Crippen molar-refractivity contribution in [2.24, 2.45) is 0 Å². The molecule has 0 amide bonds. The molecule has 0 saturated heterocycles. The van der Waals surface area contributed by atoms with Crippen LogP contribution in [0.2, 0.25) is 18.1 Å². The van der Waals surface area contributed by atoms with Crippen molar-refractivity contribution in [2.75, 3.05) is 0 Å². The molecule has 0 aliphatic carbocycles. The summed E-state index contributed by atoms with van der Waals surface area (Å²) in [5, 5.41) is 0. The Morgan fingerprint density at radius 2 is 1.00 bits per heavy atom. The summed E-state index contributed by atoms with van der Waals surface area (Å²) < 4.78 is 0. The lowest BCUT2D eigenvalue weighted by molar-refractivity contribution is 0.719. The average molecular weight is 269 g/mol. The first-order valence-electron chi connectivity index (χ1n) is 8.38. The Labute approximate surface area is 117 Å². The van der Waals surface area contributed by atoms with Gasteiger partial charge in [-0.05, 0) is 0 Å². The molecular formula is C17H36Si. The van der Waals surface area contributed by atoms with E-state index in [2.05, 4.69) is 33.0 Å². The van der Waals surface area contributed by atoms with Gasteiger partial charge in [-0.3, -0.25) is 0 Å². The Kier molecular flexibility index (Phi) is 12.0. The Balaban J connectivity index is 4.25. The van der Waals surface area contributed by atoms with Crippen LogP contribution >= 0.6 is 0 Å². The van der Waals surface area contributed by atoms with E-state index in [0.717, 1.165) is 0 Å². The lowest BCUT2D eigenvalue weighted by Gasteiger charge is -2.28. The lowest BCUT2D eigenvalue weighted by atomic mass is 10.3. The second-order valence-corrected chi connectivity index (χ2v) is 10.6. The van der Waals surface area contributed by atoms with Crippen LogP contribution < -0.4 is 0 Å². The smallest absolute Gasteiger partial charge is 0.0770 e. The maximum absolute atomic E-state index is 4.23. The molecule has 0 N–H and O–H groups in total. The van der Waals surface area contributed by atoms with Crippen molar-refractivity contribution < 1.29 is 0 Å². The van der Waals surface area contributed by atoms with Gasteiger partial charge in [-0.25, -0.2) is 0 Å². The standard InChI is InChI=1S/C17H36Si/c1-5-9-12-15-18(8-4,16-13-10-6-2)17-14-11-7-3/h8H,4-7,9-17H2,1-3H3. The molecule has 0 aliphatic rings. The van der Waals surface area contributed by atoms with Crippen LogP contribution in [0.25, 0.3) is 0 Å². The highest BCUT2D eigenvalue weighted by molar-refractivity contribution is 6.84. The maximum Gasteiger partial charge on any atom is 0.0770 e. The average Bonchev–Trinajstić information content (AvgIpc) is 2.39. The van der Waals surface area contributed by atoms with Crippen LogP contribution in [0.4, 0.5) is 0 Å². The van der Waals surface area contributed by atoms with Crippen molar-refractivity contribution in [2.45, 2.75) is 96.7 Å². The number of hydrogen-bond donors (Lipinski definition) is 0. The van der Waals surface area contributed by atoms with Crippen LogP contribution in [0.1, 0.15) is 78.6 Å². The molecule has 0 aromatic heterocycles. The van der Waals surface area contributed by atoms with Crippen molar-refractivity contribution in [3.8, 4) is 0 Å². The Bertz CT molecular complexity index is 160. The molecule has 0 saturated carbocycles. The summed E-state index contributed by atoms with van der Waals surface area (Å²) in [6, 6.07) is 4.54. The second kappa shape index (κ2) is 12.0. The molecule has 0 fully saturated rings. The molecule has 0 spiro atoms. The van der Waals surface area contributed by atoms with E-state index >= 15 is 0 Å². The molecule has 0 aromatic rings. The largest absolute Gasteiger partial charge is 0.107 e. The van der Waals surface area contributed by atoms with Gasteiger partial charge < -0.3 is 0 Å². The van der Waals surface area contributed by atoms with Gasteiger partial charge in [0.1, 0.15) is 0 Å². The van der Waals surface area contributed by atoms with Gasteiger partial charge in [-0.2, -0.15) is 0 Å². The maximum atomic E-state index is 4.23. The predicted molar refractivity (Wildman–Crippen MR) is 88.9 cm³/mol. The van der Waals surface area contributed by atoms with Gasteiger partial charge in [0.05, 0.1) is 8.07 Å². The first kappa shape index (κ1) is 18.0. The first-order valence-corrected chi connectivity index (χ1v) is 11.1. The van der Waals surface area contributed by atoms with Crippen molar-refractivity contribution >= 4 is 8.07 Å². The summed E-state index contributed by atoms with van der Waals surface area (Å²) in [7, 11) is -1.12. The molecule has 0 nitrogen and oxygen atoms in total. The van der Waals surface area contributed by atoms with E-state index in [0.29, 0.717) is 0 Å². The number of rotatable bonds is 13. The van der Waals surface area contributed by atoms with Gasteiger partial charge >= 0.3 is 0 Å². The van der Waals surface area contributed by atoms with Crippen molar-refractivity contribution in [3.63, 3.8) is 0 Å². The molecule has 0 heterocycles. The van der Waals surface area contributed by atoms with E-state index in [-0.39, 0.29) is 0 Å². The topological polar surface area (TPSA) is 0 Å². The molecule has 1 heteroatoms. The molecule has 108 valence electrons. The SMILES string of the molecule is C=C[Si](CCCCC)(CCCCC)CCCCC.